The van der Waals surface area contributed by atoms with E-state index < -0.39 is 17.5 Å². The van der Waals surface area contributed by atoms with Crippen LogP contribution in [0.2, 0.25) is 0 Å². The van der Waals surface area contributed by atoms with Crippen LogP contribution in [0.25, 0.3) is 0 Å². The van der Waals surface area contributed by atoms with Crippen molar-refractivity contribution in [1.82, 2.24) is 20.4 Å². The number of nitrogens with zero attached hydrogens (tertiary/aromatic N) is 2. The van der Waals surface area contributed by atoms with Gasteiger partial charge in [-0.1, -0.05) is 30.3 Å². The third-order valence-electron chi connectivity index (χ3n) is 5.72. The summed E-state index contributed by atoms with van der Waals surface area (Å²) >= 11 is 0. The molecule has 9 heteroatoms. The van der Waals surface area contributed by atoms with Crippen molar-refractivity contribution in [3.63, 3.8) is 0 Å². The van der Waals surface area contributed by atoms with E-state index in [2.05, 4.69) is 15.5 Å². The fraction of sp³-hybridized carbons (Fsp3) is 0.650. The first-order chi connectivity index (χ1) is 13.4. The molecule has 1 amide bonds. The topological polar surface area (TPSA) is 47.6 Å². The molecule has 1 unspecified atom stereocenters. The first kappa shape index (κ1) is 23.9. The van der Waals surface area contributed by atoms with Crippen LogP contribution in [0.3, 0.4) is 0 Å². The Balaban J connectivity index is 0.00000300. The van der Waals surface area contributed by atoms with Crippen molar-refractivity contribution in [2.24, 2.45) is 5.41 Å². The molecule has 2 N–H and O–H groups in total. The number of halogens is 4. The zero-order valence-corrected chi connectivity index (χ0v) is 17.3. The van der Waals surface area contributed by atoms with E-state index in [1.807, 2.05) is 30.3 Å². The van der Waals surface area contributed by atoms with Crippen LogP contribution in [0.4, 0.5) is 13.2 Å². The van der Waals surface area contributed by atoms with Gasteiger partial charge in [-0.05, 0) is 31.5 Å². The SMILES string of the molecule is Cl.O=C(NCCCN1CCNCC1)C1(C(F)(F)F)CCN(Cc2ccccc2)C1. The van der Waals surface area contributed by atoms with Gasteiger partial charge in [-0.3, -0.25) is 9.69 Å². The molecule has 0 radical (unpaired) electrons. The maximum absolute atomic E-state index is 13.9. The normalized spacial score (nSPS) is 23.6. The molecule has 0 aliphatic carbocycles. The van der Waals surface area contributed by atoms with Crippen LogP contribution < -0.4 is 10.6 Å². The molecule has 2 aliphatic heterocycles. The van der Waals surface area contributed by atoms with Crippen molar-refractivity contribution in [3.05, 3.63) is 35.9 Å². The first-order valence-electron chi connectivity index (χ1n) is 9.95. The van der Waals surface area contributed by atoms with Crippen molar-refractivity contribution >= 4 is 18.3 Å². The quantitative estimate of drug-likeness (QED) is 0.646. The van der Waals surface area contributed by atoms with Crippen molar-refractivity contribution in [1.29, 1.82) is 0 Å². The Morgan fingerprint density at radius 3 is 2.45 bits per heavy atom. The number of likely N-dealkylation sites (tertiary alicyclic amines) is 1. The first-order valence-corrected chi connectivity index (χ1v) is 9.95. The third kappa shape index (κ3) is 6.07. The van der Waals surface area contributed by atoms with Crippen LogP contribution in [-0.4, -0.2) is 74.2 Å². The second-order valence-electron chi connectivity index (χ2n) is 7.73. The van der Waals surface area contributed by atoms with E-state index in [1.165, 1.54) is 0 Å². The second kappa shape index (κ2) is 10.6. The minimum absolute atomic E-state index is 0. The Morgan fingerprint density at radius 2 is 1.79 bits per heavy atom. The Hall–Kier alpha value is -1.35. The predicted octanol–water partition coefficient (Wildman–Crippen LogP) is 2.27. The van der Waals surface area contributed by atoms with Crippen LogP contribution in [0.15, 0.2) is 30.3 Å². The minimum atomic E-state index is -4.55. The number of carbonyl (C=O) groups excluding carboxylic acids is 1. The van der Waals surface area contributed by atoms with E-state index in [1.54, 1.807) is 4.90 Å². The van der Waals surface area contributed by atoms with Gasteiger partial charge < -0.3 is 15.5 Å². The third-order valence-corrected chi connectivity index (χ3v) is 5.72. The summed E-state index contributed by atoms with van der Waals surface area (Å²) < 4.78 is 41.6. The van der Waals surface area contributed by atoms with E-state index in [-0.39, 0.29) is 38.5 Å². The van der Waals surface area contributed by atoms with Crippen molar-refractivity contribution in [3.8, 4) is 0 Å². The van der Waals surface area contributed by atoms with E-state index in [4.69, 9.17) is 0 Å². The van der Waals surface area contributed by atoms with Crippen LogP contribution in [-0.2, 0) is 11.3 Å². The Morgan fingerprint density at radius 1 is 1.10 bits per heavy atom. The molecular formula is C20H30ClF3N4O. The number of nitrogens with one attached hydrogen (secondary N) is 2. The Labute approximate surface area is 176 Å². The molecule has 5 nitrogen and oxygen atoms in total. The molecule has 3 rings (SSSR count). The number of carbonyl (C=O) groups is 1. The summed E-state index contributed by atoms with van der Waals surface area (Å²) in [5.74, 6) is -0.879. The van der Waals surface area contributed by atoms with Crippen LogP contribution in [0, 0.1) is 5.41 Å². The number of rotatable bonds is 7. The maximum Gasteiger partial charge on any atom is 0.404 e. The van der Waals surface area contributed by atoms with Crippen LogP contribution >= 0.6 is 12.4 Å². The molecule has 1 aromatic rings. The summed E-state index contributed by atoms with van der Waals surface area (Å²) in [6.07, 6.45) is -4.08. The number of hydrogen-bond acceptors (Lipinski definition) is 4. The average Bonchev–Trinajstić information content (AvgIpc) is 3.12. The largest absolute Gasteiger partial charge is 0.404 e. The highest BCUT2D eigenvalue weighted by atomic mass is 35.5. The van der Waals surface area contributed by atoms with Gasteiger partial charge in [0.25, 0.3) is 0 Å². The number of amides is 1. The summed E-state index contributed by atoms with van der Waals surface area (Å²) in [4.78, 5) is 16.6. The fourth-order valence-corrected chi connectivity index (χ4v) is 4.02. The molecule has 1 aromatic carbocycles. The monoisotopic (exact) mass is 434 g/mol. The molecular weight excluding hydrogens is 405 g/mol. The Bertz CT molecular complexity index is 640. The summed E-state index contributed by atoms with van der Waals surface area (Å²) in [5, 5.41) is 5.83. The average molecular weight is 435 g/mol. The molecule has 0 spiro atoms. The summed E-state index contributed by atoms with van der Waals surface area (Å²) in [6, 6.07) is 9.40. The standard InChI is InChI=1S/C20H29F3N4O.ClH/c21-20(22,23)19(7-12-27(16-19)15-17-5-2-1-3-6-17)18(28)25-8-4-11-26-13-9-24-10-14-26;/h1-3,5-6,24H,4,7-16H2,(H,25,28);1H. The molecule has 2 aliphatic rings. The molecule has 29 heavy (non-hydrogen) atoms. The highest BCUT2D eigenvalue weighted by Crippen LogP contribution is 2.46. The number of piperazine rings is 1. The van der Waals surface area contributed by atoms with Gasteiger partial charge in [0.1, 0.15) is 0 Å². The van der Waals surface area contributed by atoms with Crippen LogP contribution in [0.5, 0.6) is 0 Å². The maximum atomic E-state index is 13.9. The fourth-order valence-electron chi connectivity index (χ4n) is 4.02. The number of benzene rings is 1. The summed E-state index contributed by atoms with van der Waals surface area (Å²) in [5.41, 5.74) is -1.35. The zero-order chi connectivity index (χ0) is 20.0. The van der Waals surface area contributed by atoms with Crippen molar-refractivity contribution < 1.29 is 18.0 Å². The second-order valence-corrected chi connectivity index (χ2v) is 7.73. The highest BCUT2D eigenvalue weighted by molar-refractivity contribution is 5.85. The van der Waals surface area contributed by atoms with Gasteiger partial charge in [0, 0.05) is 45.8 Å². The van der Waals surface area contributed by atoms with Crippen molar-refractivity contribution in [2.45, 2.75) is 25.6 Å². The lowest BCUT2D eigenvalue weighted by atomic mass is 9.85. The molecule has 1 atom stereocenters. The molecule has 0 bridgehead atoms. The molecule has 164 valence electrons. The number of hydrogen-bond donors (Lipinski definition) is 2. The zero-order valence-electron chi connectivity index (χ0n) is 16.5. The van der Waals surface area contributed by atoms with Gasteiger partial charge >= 0.3 is 6.18 Å². The summed E-state index contributed by atoms with van der Waals surface area (Å²) in [6.45, 7) is 5.22. The number of alkyl halides is 3. The van der Waals surface area contributed by atoms with Crippen molar-refractivity contribution in [2.75, 3.05) is 52.4 Å². The lowest BCUT2D eigenvalue weighted by molar-refractivity contribution is -0.218. The predicted molar refractivity (Wildman–Crippen MR) is 109 cm³/mol. The molecule has 2 heterocycles. The van der Waals surface area contributed by atoms with Gasteiger partial charge in [0.2, 0.25) is 5.91 Å². The van der Waals surface area contributed by atoms with E-state index in [9.17, 15) is 18.0 Å². The van der Waals surface area contributed by atoms with E-state index in [0.717, 1.165) is 38.3 Å². The molecule has 0 aromatic heterocycles. The van der Waals surface area contributed by atoms with Gasteiger partial charge in [0.05, 0.1) is 0 Å². The molecule has 0 saturated carbocycles. The van der Waals surface area contributed by atoms with Gasteiger partial charge in [0.15, 0.2) is 5.41 Å². The minimum Gasteiger partial charge on any atom is -0.355 e. The van der Waals surface area contributed by atoms with Gasteiger partial charge in [-0.2, -0.15) is 13.2 Å². The van der Waals surface area contributed by atoms with E-state index >= 15 is 0 Å². The lowest BCUT2D eigenvalue weighted by Crippen LogP contribution is -2.52. The van der Waals surface area contributed by atoms with E-state index in [0.29, 0.717) is 13.0 Å². The molecule has 2 fully saturated rings. The Kier molecular flexibility index (Phi) is 8.75. The van der Waals surface area contributed by atoms with Gasteiger partial charge in [-0.25, -0.2) is 0 Å². The van der Waals surface area contributed by atoms with Gasteiger partial charge in [-0.15, -0.1) is 12.4 Å². The summed E-state index contributed by atoms with van der Waals surface area (Å²) in [7, 11) is 0. The molecule has 2 saturated heterocycles. The van der Waals surface area contributed by atoms with Crippen LogP contribution in [0.1, 0.15) is 18.4 Å². The smallest absolute Gasteiger partial charge is 0.355 e. The lowest BCUT2D eigenvalue weighted by Gasteiger charge is -2.31. The highest BCUT2D eigenvalue weighted by Gasteiger charge is 2.62.